The summed E-state index contributed by atoms with van der Waals surface area (Å²) in [5.41, 5.74) is 1.97. The van der Waals surface area contributed by atoms with E-state index in [2.05, 4.69) is 6.07 Å². The quantitative estimate of drug-likeness (QED) is 0.813. The van der Waals surface area contributed by atoms with Crippen LogP contribution in [0, 0.1) is 11.3 Å². The van der Waals surface area contributed by atoms with E-state index in [9.17, 15) is 4.79 Å². The number of amides is 1. The van der Waals surface area contributed by atoms with E-state index < -0.39 is 0 Å². The van der Waals surface area contributed by atoms with Gasteiger partial charge in [0.15, 0.2) is 0 Å². The normalized spacial score (nSPS) is 11.5. The summed E-state index contributed by atoms with van der Waals surface area (Å²) in [5.74, 6) is -0.408. The fourth-order valence-corrected chi connectivity index (χ4v) is 1.60. The second-order valence-electron chi connectivity index (χ2n) is 4.66. The van der Waals surface area contributed by atoms with Crippen LogP contribution in [0.1, 0.15) is 17.9 Å². The first kappa shape index (κ1) is 14.0. The molecule has 1 amide bonds. The van der Waals surface area contributed by atoms with Crippen LogP contribution in [0.5, 0.6) is 0 Å². The first-order valence-corrected chi connectivity index (χ1v) is 5.82. The highest BCUT2D eigenvalue weighted by molar-refractivity contribution is 5.77. The van der Waals surface area contributed by atoms with Crippen LogP contribution in [0.3, 0.4) is 0 Å². The van der Waals surface area contributed by atoms with Crippen LogP contribution in [0.4, 0.5) is 5.69 Å². The number of nitrogens with zero attached hydrogens (tertiary/aromatic N) is 3. The van der Waals surface area contributed by atoms with Crippen molar-refractivity contribution in [1.29, 1.82) is 5.26 Å². The highest BCUT2D eigenvalue weighted by Crippen LogP contribution is 2.22. The lowest BCUT2D eigenvalue weighted by Crippen LogP contribution is -2.23. The standard InChI is InChI=1S/C14H19N3O/c1-16(2)13-7-5-11(6-8-13)12(10-15)9-14(18)17(3)4/h5-8,12H,9H2,1-4H3. The number of hydrogen-bond acceptors (Lipinski definition) is 3. The first-order chi connectivity index (χ1) is 8.45. The Bertz CT molecular complexity index is 443. The van der Waals surface area contributed by atoms with Crippen molar-refractivity contribution in [2.75, 3.05) is 33.1 Å². The van der Waals surface area contributed by atoms with Gasteiger partial charge in [-0.3, -0.25) is 4.79 Å². The van der Waals surface area contributed by atoms with Crippen LogP contribution < -0.4 is 4.90 Å². The number of benzene rings is 1. The van der Waals surface area contributed by atoms with Crippen molar-refractivity contribution in [3.63, 3.8) is 0 Å². The van der Waals surface area contributed by atoms with Crippen LogP contribution in [0.15, 0.2) is 24.3 Å². The van der Waals surface area contributed by atoms with Gasteiger partial charge in [-0.15, -0.1) is 0 Å². The number of rotatable bonds is 4. The van der Waals surface area contributed by atoms with E-state index in [1.54, 1.807) is 14.1 Å². The molecule has 0 radical (unpaired) electrons. The molecular formula is C14H19N3O. The van der Waals surface area contributed by atoms with E-state index in [4.69, 9.17) is 5.26 Å². The van der Waals surface area contributed by atoms with Gasteiger partial charge in [-0.1, -0.05) is 12.1 Å². The average Bonchev–Trinajstić information content (AvgIpc) is 2.35. The number of hydrogen-bond donors (Lipinski definition) is 0. The fraction of sp³-hybridized carbons (Fsp3) is 0.429. The second-order valence-corrected chi connectivity index (χ2v) is 4.66. The van der Waals surface area contributed by atoms with Gasteiger partial charge in [0, 0.05) is 40.3 Å². The van der Waals surface area contributed by atoms with Gasteiger partial charge in [-0.05, 0) is 17.7 Å². The average molecular weight is 245 g/mol. The zero-order valence-corrected chi connectivity index (χ0v) is 11.3. The van der Waals surface area contributed by atoms with Gasteiger partial charge in [0.1, 0.15) is 0 Å². The maximum absolute atomic E-state index is 11.6. The van der Waals surface area contributed by atoms with E-state index in [0.717, 1.165) is 11.3 Å². The molecule has 1 rings (SSSR count). The fourth-order valence-electron chi connectivity index (χ4n) is 1.60. The Morgan fingerprint density at radius 3 is 2.17 bits per heavy atom. The molecule has 0 fully saturated rings. The molecule has 4 nitrogen and oxygen atoms in total. The summed E-state index contributed by atoms with van der Waals surface area (Å²) in [6.45, 7) is 0. The van der Waals surface area contributed by atoms with Crippen molar-refractivity contribution in [1.82, 2.24) is 4.90 Å². The SMILES string of the molecule is CN(C)C(=O)CC(C#N)c1ccc(N(C)C)cc1. The molecule has 4 heteroatoms. The van der Waals surface area contributed by atoms with Crippen molar-refractivity contribution in [2.45, 2.75) is 12.3 Å². The van der Waals surface area contributed by atoms with Gasteiger partial charge in [0.05, 0.1) is 12.0 Å². The molecule has 0 saturated carbocycles. The zero-order valence-electron chi connectivity index (χ0n) is 11.3. The molecule has 0 bridgehead atoms. The minimum atomic E-state index is -0.379. The minimum Gasteiger partial charge on any atom is -0.378 e. The lowest BCUT2D eigenvalue weighted by molar-refractivity contribution is -0.128. The molecule has 1 aromatic carbocycles. The van der Waals surface area contributed by atoms with Crippen LogP contribution >= 0.6 is 0 Å². The molecular weight excluding hydrogens is 226 g/mol. The maximum Gasteiger partial charge on any atom is 0.223 e. The van der Waals surface area contributed by atoms with E-state index in [-0.39, 0.29) is 18.2 Å². The van der Waals surface area contributed by atoms with Crippen molar-refractivity contribution in [2.24, 2.45) is 0 Å². The Morgan fingerprint density at radius 1 is 1.22 bits per heavy atom. The predicted molar refractivity (Wildman–Crippen MR) is 72.4 cm³/mol. The van der Waals surface area contributed by atoms with Gasteiger partial charge in [0.2, 0.25) is 5.91 Å². The molecule has 1 aromatic rings. The molecule has 0 aliphatic rings. The monoisotopic (exact) mass is 245 g/mol. The third-order valence-corrected chi connectivity index (χ3v) is 2.85. The van der Waals surface area contributed by atoms with Crippen molar-refractivity contribution in [3.8, 4) is 6.07 Å². The van der Waals surface area contributed by atoms with Crippen molar-refractivity contribution < 1.29 is 4.79 Å². The van der Waals surface area contributed by atoms with Gasteiger partial charge in [-0.2, -0.15) is 5.26 Å². The molecule has 1 atom stereocenters. The Kier molecular flexibility index (Phi) is 4.73. The molecule has 0 heterocycles. The summed E-state index contributed by atoms with van der Waals surface area (Å²) < 4.78 is 0. The second kappa shape index (κ2) is 6.06. The Hall–Kier alpha value is -2.02. The number of carbonyl (C=O) groups is 1. The Balaban J connectivity index is 2.84. The Morgan fingerprint density at radius 2 is 1.78 bits per heavy atom. The highest BCUT2D eigenvalue weighted by atomic mass is 16.2. The van der Waals surface area contributed by atoms with Gasteiger partial charge in [0.25, 0.3) is 0 Å². The van der Waals surface area contributed by atoms with E-state index in [0.29, 0.717) is 0 Å². The van der Waals surface area contributed by atoms with E-state index in [1.807, 2.05) is 43.3 Å². The van der Waals surface area contributed by atoms with E-state index in [1.165, 1.54) is 4.90 Å². The lowest BCUT2D eigenvalue weighted by Gasteiger charge is -2.16. The molecule has 0 aromatic heterocycles. The van der Waals surface area contributed by atoms with Crippen molar-refractivity contribution >= 4 is 11.6 Å². The third-order valence-electron chi connectivity index (χ3n) is 2.85. The largest absolute Gasteiger partial charge is 0.378 e. The summed E-state index contributed by atoms with van der Waals surface area (Å²) in [6, 6.07) is 9.93. The number of anilines is 1. The van der Waals surface area contributed by atoms with Crippen LogP contribution in [-0.2, 0) is 4.79 Å². The zero-order chi connectivity index (χ0) is 13.7. The summed E-state index contributed by atoms with van der Waals surface area (Å²) in [7, 11) is 7.33. The molecule has 18 heavy (non-hydrogen) atoms. The summed E-state index contributed by atoms with van der Waals surface area (Å²) in [6.07, 6.45) is 0.227. The highest BCUT2D eigenvalue weighted by Gasteiger charge is 2.16. The van der Waals surface area contributed by atoms with Gasteiger partial charge in [-0.25, -0.2) is 0 Å². The summed E-state index contributed by atoms with van der Waals surface area (Å²) in [5, 5.41) is 9.16. The van der Waals surface area contributed by atoms with E-state index >= 15 is 0 Å². The topological polar surface area (TPSA) is 47.3 Å². The molecule has 0 N–H and O–H groups in total. The van der Waals surface area contributed by atoms with Gasteiger partial charge < -0.3 is 9.80 Å². The molecule has 0 aliphatic heterocycles. The summed E-state index contributed by atoms with van der Waals surface area (Å²) >= 11 is 0. The minimum absolute atomic E-state index is 0.0294. The molecule has 1 unspecified atom stereocenters. The van der Waals surface area contributed by atoms with Crippen molar-refractivity contribution in [3.05, 3.63) is 29.8 Å². The van der Waals surface area contributed by atoms with Crippen LogP contribution in [0.2, 0.25) is 0 Å². The molecule has 0 spiro atoms. The molecule has 0 saturated heterocycles. The predicted octanol–water partition coefficient (Wildman–Crippen LogP) is 1.84. The lowest BCUT2D eigenvalue weighted by atomic mass is 9.96. The Labute approximate surface area is 108 Å². The number of nitriles is 1. The van der Waals surface area contributed by atoms with Gasteiger partial charge >= 0.3 is 0 Å². The van der Waals surface area contributed by atoms with Crippen LogP contribution in [-0.4, -0.2) is 39.0 Å². The molecule has 96 valence electrons. The van der Waals surface area contributed by atoms with Crippen LogP contribution in [0.25, 0.3) is 0 Å². The molecule has 0 aliphatic carbocycles. The maximum atomic E-state index is 11.6. The number of carbonyl (C=O) groups excluding carboxylic acids is 1. The smallest absolute Gasteiger partial charge is 0.223 e. The summed E-state index contributed by atoms with van der Waals surface area (Å²) in [4.78, 5) is 15.1. The first-order valence-electron chi connectivity index (χ1n) is 5.82. The third kappa shape index (κ3) is 3.49.